The second-order valence-electron chi connectivity index (χ2n) is 5.30. The van der Waals surface area contributed by atoms with Gasteiger partial charge in [-0.15, -0.1) is 0 Å². The molecule has 2 aromatic rings. The van der Waals surface area contributed by atoms with Gasteiger partial charge >= 0.3 is 5.97 Å². The summed E-state index contributed by atoms with van der Waals surface area (Å²) in [4.78, 5) is 12.4. The fraction of sp³-hybridized carbons (Fsp3) is 0.235. The molecule has 0 saturated heterocycles. The van der Waals surface area contributed by atoms with Crippen LogP contribution in [0.4, 0.5) is 0 Å². The number of hydrogen-bond acceptors (Lipinski definition) is 2. The monoisotopic (exact) mass is 354 g/mol. The highest BCUT2D eigenvalue weighted by Gasteiger charge is 2.39. The second-order valence-corrected chi connectivity index (χ2v) is 6.46. The van der Waals surface area contributed by atoms with Crippen molar-refractivity contribution in [3.63, 3.8) is 0 Å². The normalized spacial score (nSPS) is 20.3. The van der Waals surface area contributed by atoms with Crippen LogP contribution in [0.15, 0.2) is 42.5 Å². The lowest BCUT2D eigenvalue weighted by molar-refractivity contribution is -0.142. The van der Waals surface area contributed by atoms with Gasteiger partial charge in [-0.3, -0.25) is 4.79 Å². The second kappa shape index (κ2) is 6.49. The van der Waals surface area contributed by atoms with Gasteiger partial charge in [-0.1, -0.05) is 65.1 Å². The Hall–Kier alpha value is -1.22. The van der Waals surface area contributed by atoms with Crippen LogP contribution in [0, 0.1) is 5.92 Å². The maximum atomic E-state index is 12.4. The van der Waals surface area contributed by atoms with Crippen LogP contribution in [0.1, 0.15) is 24.3 Å². The summed E-state index contributed by atoms with van der Waals surface area (Å²) in [5.74, 6) is 0.0309. The SMILES string of the molecule is O=C(Oc1ccc(Cl)c(Cl)c1Cl)C1CCC1c1ccccc1. The van der Waals surface area contributed by atoms with Gasteiger partial charge in [-0.2, -0.15) is 0 Å². The average molecular weight is 356 g/mol. The number of benzene rings is 2. The molecule has 2 aromatic carbocycles. The molecule has 2 nitrogen and oxygen atoms in total. The van der Waals surface area contributed by atoms with E-state index in [0.717, 1.165) is 18.4 Å². The standard InChI is InChI=1S/C17H13Cl3O2/c18-13-8-9-14(16(20)15(13)19)22-17(21)12-7-6-11(12)10-4-2-1-3-5-10/h1-5,8-9,11-12H,6-7H2. The van der Waals surface area contributed by atoms with Gasteiger partial charge < -0.3 is 4.74 Å². The van der Waals surface area contributed by atoms with Gasteiger partial charge in [0.15, 0.2) is 5.75 Å². The van der Waals surface area contributed by atoms with Crippen LogP contribution in [0.3, 0.4) is 0 Å². The zero-order valence-electron chi connectivity index (χ0n) is 11.6. The van der Waals surface area contributed by atoms with E-state index < -0.39 is 0 Å². The van der Waals surface area contributed by atoms with E-state index in [2.05, 4.69) is 0 Å². The van der Waals surface area contributed by atoms with Crippen molar-refractivity contribution >= 4 is 40.8 Å². The Morgan fingerprint density at radius 1 is 0.955 bits per heavy atom. The van der Waals surface area contributed by atoms with Crippen molar-refractivity contribution < 1.29 is 9.53 Å². The molecule has 22 heavy (non-hydrogen) atoms. The summed E-state index contributed by atoms with van der Waals surface area (Å²) in [6.45, 7) is 0. The molecule has 0 aromatic heterocycles. The van der Waals surface area contributed by atoms with Crippen LogP contribution in [-0.2, 0) is 4.79 Å². The molecule has 1 aliphatic carbocycles. The molecule has 0 radical (unpaired) electrons. The summed E-state index contributed by atoms with van der Waals surface area (Å²) >= 11 is 17.9. The minimum absolute atomic E-state index is 0.145. The maximum Gasteiger partial charge on any atom is 0.315 e. The van der Waals surface area contributed by atoms with Crippen LogP contribution in [-0.4, -0.2) is 5.97 Å². The zero-order chi connectivity index (χ0) is 15.7. The van der Waals surface area contributed by atoms with Crippen molar-refractivity contribution in [3.05, 3.63) is 63.1 Å². The van der Waals surface area contributed by atoms with Gasteiger partial charge in [0.05, 0.1) is 16.0 Å². The molecule has 0 bridgehead atoms. The van der Waals surface area contributed by atoms with E-state index in [4.69, 9.17) is 39.5 Å². The largest absolute Gasteiger partial charge is 0.425 e. The van der Waals surface area contributed by atoms with E-state index in [-0.39, 0.29) is 33.6 Å². The molecule has 0 spiro atoms. The summed E-state index contributed by atoms with van der Waals surface area (Å²) in [5, 5.41) is 0.692. The number of ether oxygens (including phenoxy) is 1. The number of halogens is 3. The van der Waals surface area contributed by atoms with Crippen LogP contribution in [0.25, 0.3) is 0 Å². The highest BCUT2D eigenvalue weighted by molar-refractivity contribution is 6.48. The van der Waals surface area contributed by atoms with Crippen molar-refractivity contribution in [2.75, 3.05) is 0 Å². The van der Waals surface area contributed by atoms with Crippen molar-refractivity contribution in [3.8, 4) is 5.75 Å². The van der Waals surface area contributed by atoms with Gasteiger partial charge in [0, 0.05) is 0 Å². The molecule has 1 aliphatic rings. The molecule has 2 unspecified atom stereocenters. The molecular weight excluding hydrogens is 343 g/mol. The highest BCUT2D eigenvalue weighted by atomic mass is 35.5. The average Bonchev–Trinajstić information content (AvgIpc) is 2.48. The number of carbonyl (C=O) groups excluding carboxylic acids is 1. The summed E-state index contributed by atoms with van der Waals surface area (Å²) in [6.07, 6.45) is 1.80. The first-order valence-electron chi connectivity index (χ1n) is 6.98. The Morgan fingerprint density at radius 2 is 1.68 bits per heavy atom. The van der Waals surface area contributed by atoms with Crippen molar-refractivity contribution in [2.45, 2.75) is 18.8 Å². The van der Waals surface area contributed by atoms with E-state index in [0.29, 0.717) is 5.02 Å². The van der Waals surface area contributed by atoms with Gasteiger partial charge in [0.1, 0.15) is 5.02 Å². The number of carbonyl (C=O) groups is 1. The molecule has 114 valence electrons. The molecule has 1 saturated carbocycles. The number of rotatable bonds is 3. The van der Waals surface area contributed by atoms with Crippen LogP contribution in [0.2, 0.25) is 15.1 Å². The van der Waals surface area contributed by atoms with E-state index in [1.165, 1.54) is 0 Å². The van der Waals surface area contributed by atoms with E-state index in [9.17, 15) is 4.79 Å². The first-order chi connectivity index (χ1) is 10.6. The lowest BCUT2D eigenvalue weighted by Gasteiger charge is -2.35. The van der Waals surface area contributed by atoms with Crippen LogP contribution in [0.5, 0.6) is 5.75 Å². The Morgan fingerprint density at radius 3 is 2.32 bits per heavy atom. The van der Waals surface area contributed by atoms with Gasteiger partial charge in [0.2, 0.25) is 0 Å². The topological polar surface area (TPSA) is 26.3 Å². The molecule has 5 heteroatoms. The third-order valence-corrected chi connectivity index (χ3v) is 5.29. The fourth-order valence-electron chi connectivity index (χ4n) is 2.65. The summed E-state index contributed by atoms with van der Waals surface area (Å²) in [5.41, 5.74) is 1.16. The summed E-state index contributed by atoms with van der Waals surface area (Å²) in [7, 11) is 0. The van der Waals surface area contributed by atoms with Crippen molar-refractivity contribution in [1.82, 2.24) is 0 Å². The third-order valence-electron chi connectivity index (χ3n) is 4.02. The quantitative estimate of drug-likeness (QED) is 0.398. The molecular formula is C17H13Cl3O2. The number of esters is 1. The first-order valence-corrected chi connectivity index (χ1v) is 8.11. The third kappa shape index (κ3) is 2.96. The highest BCUT2D eigenvalue weighted by Crippen LogP contribution is 2.44. The van der Waals surface area contributed by atoms with Gasteiger partial charge in [0.25, 0.3) is 0 Å². The lowest BCUT2D eigenvalue weighted by Crippen LogP contribution is -2.34. The first kappa shape index (κ1) is 15.7. The Balaban J connectivity index is 1.74. The van der Waals surface area contributed by atoms with E-state index in [1.807, 2.05) is 30.3 Å². The molecule has 0 heterocycles. The molecule has 0 amide bonds. The smallest absolute Gasteiger partial charge is 0.315 e. The van der Waals surface area contributed by atoms with Crippen LogP contribution >= 0.6 is 34.8 Å². The fourth-order valence-corrected chi connectivity index (χ4v) is 3.22. The van der Waals surface area contributed by atoms with Gasteiger partial charge in [-0.25, -0.2) is 0 Å². The molecule has 1 fully saturated rings. The van der Waals surface area contributed by atoms with E-state index >= 15 is 0 Å². The Labute approximate surface area is 143 Å². The predicted octanol–water partition coefficient (Wildman–Crippen LogP) is 5.75. The Kier molecular flexibility index (Phi) is 4.62. The molecule has 3 rings (SSSR count). The zero-order valence-corrected chi connectivity index (χ0v) is 13.8. The minimum Gasteiger partial charge on any atom is -0.425 e. The van der Waals surface area contributed by atoms with Crippen molar-refractivity contribution in [2.24, 2.45) is 5.92 Å². The summed E-state index contributed by atoms with van der Waals surface area (Å²) in [6, 6.07) is 13.1. The minimum atomic E-state index is -0.277. The Bertz CT molecular complexity index is 701. The molecule has 0 aliphatic heterocycles. The molecule has 2 atom stereocenters. The molecule has 0 N–H and O–H groups in total. The van der Waals surface area contributed by atoms with E-state index in [1.54, 1.807) is 12.1 Å². The van der Waals surface area contributed by atoms with Gasteiger partial charge in [-0.05, 0) is 36.5 Å². The summed E-state index contributed by atoms with van der Waals surface area (Å²) < 4.78 is 5.42. The van der Waals surface area contributed by atoms with Crippen LogP contribution < -0.4 is 4.74 Å². The number of hydrogen-bond donors (Lipinski definition) is 0. The lowest BCUT2D eigenvalue weighted by atomic mass is 9.70. The predicted molar refractivity (Wildman–Crippen MR) is 89.0 cm³/mol. The maximum absolute atomic E-state index is 12.4. The van der Waals surface area contributed by atoms with Crippen molar-refractivity contribution in [1.29, 1.82) is 0 Å².